The lowest BCUT2D eigenvalue weighted by Gasteiger charge is -2.08. The van der Waals surface area contributed by atoms with E-state index < -0.39 is 17.8 Å². The van der Waals surface area contributed by atoms with E-state index in [1.54, 1.807) is 36.4 Å². The molecule has 0 radical (unpaired) electrons. The quantitative estimate of drug-likeness (QED) is 0.638. The molecular weight excluding hydrogens is 393 g/mol. The minimum Gasteiger partial charge on any atom is -0.497 e. The smallest absolute Gasteiger partial charge is 0.434 e. The van der Waals surface area contributed by atoms with Crippen molar-refractivity contribution >= 4 is 22.4 Å². The molecule has 1 aromatic heterocycles. The van der Waals surface area contributed by atoms with E-state index in [-0.39, 0.29) is 15.6 Å². The number of nitrogens with zero attached hydrogens (tertiary/aromatic N) is 1. The molecule has 28 heavy (non-hydrogen) atoms. The molecule has 1 amide bonds. The lowest BCUT2D eigenvalue weighted by molar-refractivity contribution is -0.140. The highest BCUT2D eigenvalue weighted by Gasteiger charge is 2.38. The number of carbonyl (C=O) groups is 1. The van der Waals surface area contributed by atoms with E-state index in [2.05, 4.69) is 10.3 Å². The van der Waals surface area contributed by atoms with E-state index >= 15 is 0 Å². The van der Waals surface area contributed by atoms with Crippen molar-refractivity contribution in [3.8, 4) is 21.9 Å². The third-order valence-electron chi connectivity index (χ3n) is 3.77. The molecule has 0 aliphatic heterocycles. The highest BCUT2D eigenvalue weighted by Crippen LogP contribution is 2.42. The predicted octanol–water partition coefficient (Wildman–Crippen LogP) is 5.10. The first kappa shape index (κ1) is 19.7. The lowest BCUT2D eigenvalue weighted by atomic mass is 10.1. The minimum atomic E-state index is -4.65. The number of rotatable bonds is 5. The Morgan fingerprint density at radius 3 is 2.18 bits per heavy atom. The first-order chi connectivity index (χ1) is 13.3. The third kappa shape index (κ3) is 4.25. The maximum Gasteiger partial charge on any atom is 0.434 e. The van der Waals surface area contributed by atoms with Crippen LogP contribution < -0.4 is 14.8 Å². The number of nitrogens with one attached hydrogen (secondary N) is 1. The second-order valence-corrected chi connectivity index (χ2v) is 6.62. The topological polar surface area (TPSA) is 60.5 Å². The van der Waals surface area contributed by atoms with Crippen LogP contribution in [0.5, 0.6) is 11.5 Å². The zero-order chi connectivity index (χ0) is 20.3. The molecule has 0 saturated carbocycles. The van der Waals surface area contributed by atoms with Crippen LogP contribution in [0, 0.1) is 0 Å². The molecule has 146 valence electrons. The van der Waals surface area contributed by atoms with Crippen LogP contribution in [0.15, 0.2) is 48.5 Å². The second-order valence-electron chi connectivity index (χ2n) is 5.62. The molecule has 3 aromatic rings. The molecule has 1 heterocycles. The molecule has 0 aliphatic carbocycles. The average molecular weight is 408 g/mol. The number of amides is 1. The van der Waals surface area contributed by atoms with E-state index in [4.69, 9.17) is 9.47 Å². The van der Waals surface area contributed by atoms with E-state index in [1.165, 1.54) is 26.4 Å². The molecule has 0 aliphatic rings. The molecule has 9 heteroatoms. The zero-order valence-electron chi connectivity index (χ0n) is 14.8. The van der Waals surface area contributed by atoms with Crippen molar-refractivity contribution in [1.82, 2.24) is 4.98 Å². The largest absolute Gasteiger partial charge is 0.497 e. The Kier molecular flexibility index (Phi) is 5.55. The van der Waals surface area contributed by atoms with Gasteiger partial charge in [0.1, 0.15) is 11.5 Å². The van der Waals surface area contributed by atoms with Gasteiger partial charge in [-0.3, -0.25) is 10.1 Å². The summed E-state index contributed by atoms with van der Waals surface area (Å²) in [6, 6.07) is 12.6. The minimum absolute atomic E-state index is 0.0633. The van der Waals surface area contributed by atoms with Crippen LogP contribution >= 0.6 is 11.3 Å². The summed E-state index contributed by atoms with van der Waals surface area (Å²) in [5.41, 5.74) is -0.501. The molecule has 0 unspecified atom stereocenters. The number of halogens is 3. The van der Waals surface area contributed by atoms with Gasteiger partial charge in [0, 0.05) is 11.6 Å². The van der Waals surface area contributed by atoms with Crippen LogP contribution in [-0.2, 0) is 6.18 Å². The summed E-state index contributed by atoms with van der Waals surface area (Å²) in [7, 11) is 2.86. The Bertz CT molecular complexity index is 966. The number of alkyl halides is 3. The Morgan fingerprint density at radius 2 is 1.64 bits per heavy atom. The fraction of sp³-hybridized carbons (Fsp3) is 0.158. The van der Waals surface area contributed by atoms with Gasteiger partial charge in [0.15, 0.2) is 10.8 Å². The summed E-state index contributed by atoms with van der Waals surface area (Å²) < 4.78 is 50.4. The Hall–Kier alpha value is -3.07. The number of carbonyl (C=O) groups excluding carboxylic acids is 1. The van der Waals surface area contributed by atoms with Gasteiger partial charge in [-0.05, 0) is 17.7 Å². The van der Waals surface area contributed by atoms with Crippen molar-refractivity contribution in [1.29, 1.82) is 0 Å². The van der Waals surface area contributed by atoms with E-state index in [1.807, 2.05) is 0 Å². The number of aromatic nitrogens is 1. The Balaban J connectivity index is 1.95. The number of benzene rings is 2. The van der Waals surface area contributed by atoms with Crippen molar-refractivity contribution in [3.05, 3.63) is 59.8 Å². The normalized spacial score (nSPS) is 11.2. The van der Waals surface area contributed by atoms with Gasteiger partial charge >= 0.3 is 6.18 Å². The number of methoxy groups -OCH3 is 2. The first-order valence-corrected chi connectivity index (χ1v) is 8.81. The number of thiazole rings is 1. The van der Waals surface area contributed by atoms with Crippen molar-refractivity contribution in [2.45, 2.75) is 6.18 Å². The van der Waals surface area contributed by atoms with Gasteiger partial charge in [0.2, 0.25) is 0 Å². The van der Waals surface area contributed by atoms with E-state index in [0.29, 0.717) is 17.1 Å². The highest BCUT2D eigenvalue weighted by molar-refractivity contribution is 7.19. The van der Waals surface area contributed by atoms with Gasteiger partial charge in [-0.25, -0.2) is 4.98 Å². The van der Waals surface area contributed by atoms with Crippen molar-refractivity contribution < 1.29 is 27.4 Å². The fourth-order valence-corrected chi connectivity index (χ4v) is 3.44. The van der Waals surface area contributed by atoms with Crippen molar-refractivity contribution in [2.24, 2.45) is 0 Å². The maximum atomic E-state index is 13.4. The van der Waals surface area contributed by atoms with Crippen LogP contribution in [0.3, 0.4) is 0 Å². The lowest BCUT2D eigenvalue weighted by Crippen LogP contribution is -2.13. The van der Waals surface area contributed by atoms with Gasteiger partial charge in [-0.2, -0.15) is 13.2 Å². The summed E-state index contributed by atoms with van der Waals surface area (Å²) in [5, 5.41) is 2.27. The van der Waals surface area contributed by atoms with Gasteiger partial charge in [-0.15, -0.1) is 0 Å². The summed E-state index contributed by atoms with van der Waals surface area (Å²) in [4.78, 5) is 16.1. The number of hydrogen-bond donors (Lipinski definition) is 1. The van der Waals surface area contributed by atoms with Gasteiger partial charge in [-0.1, -0.05) is 41.7 Å². The fourth-order valence-electron chi connectivity index (χ4n) is 2.46. The van der Waals surface area contributed by atoms with Gasteiger partial charge < -0.3 is 9.47 Å². The van der Waals surface area contributed by atoms with Gasteiger partial charge in [0.25, 0.3) is 5.91 Å². The molecule has 2 aromatic carbocycles. The van der Waals surface area contributed by atoms with Crippen molar-refractivity contribution in [3.63, 3.8) is 0 Å². The second kappa shape index (κ2) is 7.89. The summed E-state index contributed by atoms with van der Waals surface area (Å²) >= 11 is 0.757. The molecule has 3 rings (SSSR count). The first-order valence-electron chi connectivity index (χ1n) is 7.99. The summed E-state index contributed by atoms with van der Waals surface area (Å²) in [6.07, 6.45) is -4.65. The van der Waals surface area contributed by atoms with Crippen LogP contribution in [0.2, 0.25) is 0 Å². The number of hydrogen-bond acceptors (Lipinski definition) is 5. The molecule has 0 spiro atoms. The molecule has 0 fully saturated rings. The van der Waals surface area contributed by atoms with E-state index in [9.17, 15) is 18.0 Å². The molecule has 5 nitrogen and oxygen atoms in total. The summed E-state index contributed by atoms with van der Waals surface area (Å²) in [6.45, 7) is 0. The molecular formula is C19H15F3N2O3S. The molecule has 0 saturated heterocycles. The zero-order valence-corrected chi connectivity index (χ0v) is 15.6. The van der Waals surface area contributed by atoms with Crippen molar-refractivity contribution in [2.75, 3.05) is 19.5 Å². The summed E-state index contributed by atoms with van der Waals surface area (Å²) in [5.74, 6) is 0.133. The molecule has 0 bridgehead atoms. The van der Waals surface area contributed by atoms with E-state index in [0.717, 1.165) is 11.3 Å². The van der Waals surface area contributed by atoms with Crippen LogP contribution in [-0.4, -0.2) is 25.1 Å². The van der Waals surface area contributed by atoms with Crippen LogP contribution in [0.25, 0.3) is 10.4 Å². The monoisotopic (exact) mass is 408 g/mol. The standard InChI is InChI=1S/C19H15F3N2O3S/c1-26-13-8-12(9-14(10-13)27-2)17(25)24-18-23-16(19(20,21)22)15(28-18)11-6-4-3-5-7-11/h3-10H,1-2H3,(H,23,24,25). The third-order valence-corrected chi connectivity index (χ3v) is 4.79. The van der Waals surface area contributed by atoms with Crippen LogP contribution in [0.4, 0.5) is 18.3 Å². The van der Waals surface area contributed by atoms with Crippen LogP contribution in [0.1, 0.15) is 16.1 Å². The number of anilines is 1. The average Bonchev–Trinajstić information content (AvgIpc) is 3.12. The predicted molar refractivity (Wildman–Crippen MR) is 100 cm³/mol. The highest BCUT2D eigenvalue weighted by atomic mass is 32.1. The molecule has 0 atom stereocenters. The van der Waals surface area contributed by atoms with Gasteiger partial charge in [0.05, 0.1) is 19.1 Å². The molecule has 1 N–H and O–H groups in total. The SMILES string of the molecule is COc1cc(OC)cc(C(=O)Nc2nc(C(F)(F)F)c(-c3ccccc3)s2)c1. The number of ether oxygens (including phenoxy) is 2. The Morgan fingerprint density at radius 1 is 1.04 bits per heavy atom. The maximum absolute atomic E-state index is 13.4. The Labute approximate surface area is 162 Å².